The zero-order chi connectivity index (χ0) is 13.5. The van der Waals surface area contributed by atoms with Crippen LogP contribution < -0.4 is 16.3 Å². The average Bonchev–Trinajstić information content (AvgIpc) is 2.72. The van der Waals surface area contributed by atoms with Crippen molar-refractivity contribution in [3.63, 3.8) is 0 Å². The number of thiophene rings is 1. The Labute approximate surface area is 112 Å². The quantitative estimate of drug-likeness (QED) is 0.280. The molecule has 1 aromatic heterocycles. The van der Waals surface area contributed by atoms with Gasteiger partial charge in [0.15, 0.2) is 5.96 Å². The highest BCUT2D eigenvalue weighted by Gasteiger charge is 2.09. The first-order valence-electron chi connectivity index (χ1n) is 5.72. The predicted molar refractivity (Wildman–Crippen MR) is 77.3 cm³/mol. The van der Waals surface area contributed by atoms with Gasteiger partial charge in [-0.1, -0.05) is 0 Å². The van der Waals surface area contributed by atoms with Crippen molar-refractivity contribution in [3.8, 4) is 0 Å². The van der Waals surface area contributed by atoms with E-state index in [0.29, 0.717) is 19.0 Å². The van der Waals surface area contributed by atoms with Gasteiger partial charge < -0.3 is 26.3 Å². The van der Waals surface area contributed by atoms with Crippen LogP contribution in [0.15, 0.2) is 16.3 Å². The summed E-state index contributed by atoms with van der Waals surface area (Å²) in [6.45, 7) is 4.22. The van der Waals surface area contributed by atoms with Crippen LogP contribution in [0.25, 0.3) is 0 Å². The Morgan fingerprint density at radius 2 is 2.22 bits per heavy atom. The molecule has 1 rings (SSSR count). The van der Waals surface area contributed by atoms with Crippen LogP contribution in [0.3, 0.4) is 0 Å². The fourth-order valence-corrected chi connectivity index (χ4v) is 2.16. The van der Waals surface area contributed by atoms with Gasteiger partial charge in [0.25, 0.3) is 0 Å². The van der Waals surface area contributed by atoms with Gasteiger partial charge in [0.05, 0.1) is 6.54 Å². The molecule has 0 saturated carbocycles. The molecule has 0 aliphatic rings. The van der Waals surface area contributed by atoms with Gasteiger partial charge in [0, 0.05) is 11.4 Å². The molecule has 0 aliphatic carbocycles. The molecule has 0 aliphatic heterocycles. The molecule has 6 N–H and O–H groups in total. The third kappa shape index (κ3) is 5.54. The maximum Gasteiger partial charge on any atom is 0.431 e. The first kappa shape index (κ1) is 15.0. The molecule has 0 fully saturated rings. The van der Waals surface area contributed by atoms with Gasteiger partial charge in [-0.25, -0.2) is 0 Å². The predicted octanol–water partition coefficient (Wildman–Crippen LogP) is -0.537. The second-order valence-corrected chi connectivity index (χ2v) is 4.90. The third-order valence-corrected chi connectivity index (χ3v) is 3.02. The second kappa shape index (κ2) is 7.42. The highest BCUT2D eigenvalue weighted by molar-refractivity contribution is 7.10. The van der Waals surface area contributed by atoms with Crippen molar-refractivity contribution in [3.05, 3.63) is 21.9 Å². The lowest BCUT2D eigenvalue weighted by atomic mass is 9.88. The lowest BCUT2D eigenvalue weighted by molar-refractivity contribution is 0.569. The van der Waals surface area contributed by atoms with Gasteiger partial charge >= 0.3 is 14.1 Å². The van der Waals surface area contributed by atoms with E-state index >= 15 is 0 Å². The van der Waals surface area contributed by atoms with Crippen molar-refractivity contribution < 1.29 is 10.0 Å². The van der Waals surface area contributed by atoms with E-state index < -0.39 is 14.1 Å². The maximum atomic E-state index is 9.25. The molecule has 0 unspecified atom stereocenters. The highest BCUT2D eigenvalue weighted by Crippen LogP contribution is 2.13. The molecule has 0 bridgehead atoms. The Hall–Kier alpha value is -1.02. The molecule has 1 aromatic rings. The third-order valence-electron chi connectivity index (χ3n) is 2.04. The van der Waals surface area contributed by atoms with Gasteiger partial charge in [-0.3, -0.25) is 4.90 Å². The van der Waals surface area contributed by atoms with E-state index in [0.717, 1.165) is 10.4 Å². The van der Waals surface area contributed by atoms with Crippen LogP contribution in [0.1, 0.15) is 10.4 Å². The van der Waals surface area contributed by atoms with E-state index in [1.165, 1.54) is 0 Å². The molecule has 1 heterocycles. The number of nitrogens with zero attached hydrogens (tertiary/aromatic N) is 1. The minimum atomic E-state index is -0.832. The van der Waals surface area contributed by atoms with Crippen LogP contribution in [0.5, 0.6) is 0 Å². The Morgan fingerprint density at radius 1 is 1.50 bits per heavy atom. The Morgan fingerprint density at radius 3 is 2.72 bits per heavy atom. The van der Waals surface area contributed by atoms with Crippen molar-refractivity contribution in [2.45, 2.75) is 26.7 Å². The fourth-order valence-electron chi connectivity index (χ4n) is 1.32. The minimum absolute atomic E-state index is 0.364. The molecular formula is C9H18B2N4O2S. The summed E-state index contributed by atoms with van der Waals surface area (Å²) in [7, 11) is -1.57. The van der Waals surface area contributed by atoms with Crippen molar-refractivity contribution in [1.29, 1.82) is 0 Å². The molecule has 0 spiro atoms. The summed E-state index contributed by atoms with van der Waals surface area (Å²) in [6.07, 6.45) is 0. The molecule has 18 heavy (non-hydrogen) atoms. The van der Waals surface area contributed by atoms with Crippen LogP contribution in [-0.4, -0.2) is 30.1 Å². The fraction of sp³-hybridized carbons (Fsp3) is 0.444. The van der Waals surface area contributed by atoms with Crippen LogP contribution >= 0.6 is 11.3 Å². The van der Waals surface area contributed by atoms with E-state index in [9.17, 15) is 10.0 Å². The van der Waals surface area contributed by atoms with Gasteiger partial charge in [0.2, 0.25) is 0 Å². The largest absolute Gasteiger partial charge is 0.433 e. The lowest BCUT2D eigenvalue weighted by Gasteiger charge is -2.12. The lowest BCUT2D eigenvalue weighted by Crippen LogP contribution is -2.45. The summed E-state index contributed by atoms with van der Waals surface area (Å²) in [6, 6.07) is 2.01. The van der Waals surface area contributed by atoms with Crippen molar-refractivity contribution >= 4 is 31.4 Å². The first-order valence-corrected chi connectivity index (χ1v) is 6.60. The summed E-state index contributed by atoms with van der Waals surface area (Å²) in [4.78, 5) is 5.04. The highest BCUT2D eigenvalue weighted by atomic mass is 32.1. The number of hydrogen-bond donors (Lipinski definition) is 5. The van der Waals surface area contributed by atoms with Crippen LogP contribution in [0.4, 0.5) is 0 Å². The Balaban J connectivity index is 2.56. The molecule has 98 valence electrons. The maximum absolute atomic E-state index is 9.25. The normalized spacial score (nSPS) is 11.3. The summed E-state index contributed by atoms with van der Waals surface area (Å²) >= 11 is 1.60. The number of guanidine groups is 1. The molecule has 0 aromatic carbocycles. The molecule has 0 radical (unpaired) electrons. The van der Waals surface area contributed by atoms with E-state index in [1.807, 2.05) is 11.4 Å². The summed E-state index contributed by atoms with van der Waals surface area (Å²) in [5, 5.41) is 26.2. The summed E-state index contributed by atoms with van der Waals surface area (Å²) < 4.78 is 0. The molecular weight excluding hydrogens is 250 g/mol. The van der Waals surface area contributed by atoms with Gasteiger partial charge in [-0.05, 0) is 30.7 Å². The van der Waals surface area contributed by atoms with E-state index in [2.05, 4.69) is 15.4 Å². The average molecular weight is 268 g/mol. The van der Waals surface area contributed by atoms with E-state index in [1.54, 1.807) is 25.0 Å². The minimum Gasteiger partial charge on any atom is -0.433 e. The van der Waals surface area contributed by atoms with Gasteiger partial charge in [-0.15, -0.1) is 11.3 Å². The molecule has 6 nitrogen and oxygen atoms in total. The molecule has 9 heteroatoms. The Bertz CT molecular complexity index is 398. The SMILES string of the molecule is CB(O)N=C(NCc1cc(CN)cs1)NB(C)O. The summed E-state index contributed by atoms with van der Waals surface area (Å²) in [5.74, 6) is 0.364. The number of nitrogens with one attached hydrogen (secondary N) is 2. The van der Waals surface area contributed by atoms with Gasteiger partial charge in [-0.2, -0.15) is 0 Å². The van der Waals surface area contributed by atoms with Crippen molar-refractivity contribution in [2.75, 3.05) is 0 Å². The van der Waals surface area contributed by atoms with Crippen LogP contribution in [-0.2, 0) is 13.1 Å². The number of hydrogen-bond acceptors (Lipinski definition) is 5. The monoisotopic (exact) mass is 268 g/mol. The number of nitrogens with two attached hydrogens (primary N) is 1. The number of rotatable bonds is 5. The topological polar surface area (TPSA) is 103 Å². The Kier molecular flexibility index (Phi) is 6.20. The second-order valence-electron chi connectivity index (χ2n) is 3.91. The van der Waals surface area contributed by atoms with Gasteiger partial charge in [0.1, 0.15) is 0 Å². The first-order chi connectivity index (χ1) is 8.51. The zero-order valence-corrected chi connectivity index (χ0v) is 11.4. The van der Waals surface area contributed by atoms with Crippen LogP contribution in [0, 0.1) is 0 Å². The molecule has 0 saturated heterocycles. The van der Waals surface area contributed by atoms with E-state index in [4.69, 9.17) is 5.73 Å². The zero-order valence-electron chi connectivity index (χ0n) is 10.6. The smallest absolute Gasteiger partial charge is 0.431 e. The molecule has 0 atom stereocenters. The standard InChI is InChI=1S/C9H18B2N4O2S/c1-10(16)14-9(15-11(2)17)13-5-8-3-7(4-12)6-18-8/h3,6,16-17H,4-5,12H2,1-2H3,(H2,13,14,15). The van der Waals surface area contributed by atoms with E-state index in [-0.39, 0.29) is 0 Å². The summed E-state index contributed by atoms with van der Waals surface area (Å²) in [5.41, 5.74) is 6.63. The molecule has 0 amide bonds. The van der Waals surface area contributed by atoms with Crippen molar-refractivity contribution in [1.82, 2.24) is 10.5 Å². The van der Waals surface area contributed by atoms with Crippen molar-refractivity contribution in [2.24, 2.45) is 10.6 Å². The van der Waals surface area contributed by atoms with Crippen LogP contribution in [0.2, 0.25) is 13.6 Å².